The van der Waals surface area contributed by atoms with Crippen molar-refractivity contribution in [3.05, 3.63) is 102 Å². The van der Waals surface area contributed by atoms with Crippen molar-refractivity contribution in [2.45, 2.75) is 25.3 Å². The van der Waals surface area contributed by atoms with Crippen molar-refractivity contribution in [1.29, 1.82) is 0 Å². The van der Waals surface area contributed by atoms with E-state index in [4.69, 9.17) is 0 Å². The molecule has 2 atom stereocenters. The van der Waals surface area contributed by atoms with E-state index in [9.17, 15) is 10.0 Å². The number of rotatable bonds is 7. The predicted molar refractivity (Wildman–Crippen MR) is 105 cm³/mol. The van der Waals surface area contributed by atoms with Crippen LogP contribution in [0.2, 0.25) is 0 Å². The molecule has 0 aromatic heterocycles. The first-order chi connectivity index (χ1) is 12.7. The van der Waals surface area contributed by atoms with Crippen LogP contribution in [0.4, 0.5) is 5.69 Å². The molecule has 3 rings (SSSR count). The number of carbonyl (C=O) groups excluding carboxylic acids is 1. The summed E-state index contributed by atoms with van der Waals surface area (Å²) in [7, 11) is 0. The summed E-state index contributed by atoms with van der Waals surface area (Å²) in [6.07, 6.45) is 0.733. The van der Waals surface area contributed by atoms with Crippen LogP contribution >= 0.6 is 0 Å². The Morgan fingerprint density at radius 3 is 1.88 bits per heavy atom. The molecule has 26 heavy (non-hydrogen) atoms. The average Bonchev–Trinajstić information content (AvgIpc) is 2.73. The third kappa shape index (κ3) is 3.84. The van der Waals surface area contributed by atoms with E-state index in [0.717, 1.165) is 17.0 Å². The molecular formula is C23H23NO2. The molecule has 0 fully saturated rings. The highest BCUT2D eigenvalue weighted by Crippen LogP contribution is 2.31. The molecule has 0 amide bonds. The van der Waals surface area contributed by atoms with Gasteiger partial charge in [-0.05, 0) is 24.1 Å². The number of hydrogen-bond acceptors (Lipinski definition) is 3. The van der Waals surface area contributed by atoms with E-state index in [1.165, 1.54) is 0 Å². The van der Waals surface area contributed by atoms with Crippen molar-refractivity contribution in [3.8, 4) is 0 Å². The second-order valence-electron chi connectivity index (χ2n) is 6.28. The van der Waals surface area contributed by atoms with E-state index in [2.05, 4.69) is 0 Å². The van der Waals surface area contributed by atoms with Gasteiger partial charge in [0.15, 0.2) is 5.78 Å². The molecule has 3 aromatic rings. The highest BCUT2D eigenvalue weighted by molar-refractivity contribution is 6.02. The topological polar surface area (TPSA) is 40.5 Å². The monoisotopic (exact) mass is 345 g/mol. The van der Waals surface area contributed by atoms with Crippen LogP contribution in [0.1, 0.15) is 35.2 Å². The third-order valence-corrected chi connectivity index (χ3v) is 4.66. The average molecular weight is 345 g/mol. The van der Waals surface area contributed by atoms with Gasteiger partial charge in [0.05, 0.1) is 5.69 Å². The van der Waals surface area contributed by atoms with Gasteiger partial charge in [0.1, 0.15) is 6.04 Å². The Morgan fingerprint density at radius 2 is 1.35 bits per heavy atom. The van der Waals surface area contributed by atoms with E-state index in [1.807, 2.05) is 85.8 Å². The van der Waals surface area contributed by atoms with Crippen molar-refractivity contribution in [2.24, 2.45) is 0 Å². The van der Waals surface area contributed by atoms with E-state index in [-0.39, 0.29) is 11.7 Å². The lowest BCUT2D eigenvalue weighted by atomic mass is 9.84. The smallest absolute Gasteiger partial charge is 0.188 e. The molecule has 2 unspecified atom stereocenters. The zero-order valence-corrected chi connectivity index (χ0v) is 14.8. The maximum Gasteiger partial charge on any atom is 0.188 e. The summed E-state index contributed by atoms with van der Waals surface area (Å²) in [4.78, 5) is 13.3. The molecule has 0 aliphatic carbocycles. The summed E-state index contributed by atoms with van der Waals surface area (Å²) in [5, 5.41) is 12.1. The molecule has 0 bridgehead atoms. The number of Topliss-reactive ketones (excluding diaryl/α,β-unsaturated/α-hetero) is 1. The summed E-state index contributed by atoms with van der Waals surface area (Å²) in [6, 6.07) is 27.6. The van der Waals surface area contributed by atoms with E-state index in [0.29, 0.717) is 11.3 Å². The molecule has 3 nitrogen and oxygen atoms in total. The van der Waals surface area contributed by atoms with Crippen molar-refractivity contribution in [3.63, 3.8) is 0 Å². The van der Waals surface area contributed by atoms with Gasteiger partial charge in [0, 0.05) is 11.5 Å². The van der Waals surface area contributed by atoms with Crippen molar-refractivity contribution in [2.75, 3.05) is 5.06 Å². The lowest BCUT2D eigenvalue weighted by molar-refractivity contribution is 0.0869. The van der Waals surface area contributed by atoms with Gasteiger partial charge in [-0.1, -0.05) is 85.8 Å². The molecule has 0 saturated carbocycles. The number of benzene rings is 3. The van der Waals surface area contributed by atoms with Gasteiger partial charge in [-0.25, -0.2) is 5.06 Å². The van der Waals surface area contributed by atoms with E-state index >= 15 is 0 Å². The van der Waals surface area contributed by atoms with E-state index in [1.54, 1.807) is 12.1 Å². The number of para-hydroxylation sites is 1. The summed E-state index contributed by atoms with van der Waals surface area (Å²) >= 11 is 0. The standard InChI is InChI=1S/C23H23NO2/c1-2-21(18-12-6-3-7-13-18)22(23(25)19-14-8-4-9-15-19)24(26)20-16-10-5-11-17-20/h3-17,21-22,26H,2H2,1H3. The lowest BCUT2D eigenvalue weighted by Crippen LogP contribution is -2.43. The van der Waals surface area contributed by atoms with Crippen LogP contribution < -0.4 is 5.06 Å². The minimum atomic E-state index is -0.702. The number of hydrogen-bond donors (Lipinski definition) is 1. The maximum atomic E-state index is 13.3. The second-order valence-corrected chi connectivity index (χ2v) is 6.28. The van der Waals surface area contributed by atoms with Gasteiger partial charge in [0.25, 0.3) is 0 Å². The molecule has 1 N–H and O–H groups in total. The number of carbonyl (C=O) groups is 1. The SMILES string of the molecule is CCC(c1ccccc1)C(C(=O)c1ccccc1)N(O)c1ccccc1. The number of hydroxylamine groups is 1. The Bertz CT molecular complexity index is 819. The molecule has 3 heteroatoms. The van der Waals surface area contributed by atoms with Gasteiger partial charge in [0.2, 0.25) is 0 Å². The van der Waals surface area contributed by atoms with Crippen LogP contribution in [0.25, 0.3) is 0 Å². The number of anilines is 1. The largest absolute Gasteiger partial charge is 0.292 e. The molecular weight excluding hydrogens is 322 g/mol. The minimum Gasteiger partial charge on any atom is -0.292 e. The van der Waals surface area contributed by atoms with Crippen LogP contribution in [-0.2, 0) is 0 Å². The Balaban J connectivity index is 2.05. The molecule has 132 valence electrons. The van der Waals surface area contributed by atoms with Gasteiger partial charge in [-0.2, -0.15) is 0 Å². The predicted octanol–water partition coefficient (Wildman–Crippen LogP) is 5.33. The zero-order valence-electron chi connectivity index (χ0n) is 14.8. The Hall–Kier alpha value is -2.91. The quantitative estimate of drug-likeness (QED) is 0.465. The van der Waals surface area contributed by atoms with Gasteiger partial charge < -0.3 is 0 Å². The summed E-state index contributed by atoms with van der Waals surface area (Å²) in [5.41, 5.74) is 2.25. The van der Waals surface area contributed by atoms with Crippen LogP contribution in [0, 0.1) is 0 Å². The van der Waals surface area contributed by atoms with Crippen LogP contribution in [0.15, 0.2) is 91.0 Å². The first kappa shape index (κ1) is 17.9. The molecule has 3 aromatic carbocycles. The number of ketones is 1. The van der Waals surface area contributed by atoms with Crippen LogP contribution in [0.5, 0.6) is 0 Å². The fourth-order valence-electron chi connectivity index (χ4n) is 3.32. The first-order valence-corrected chi connectivity index (χ1v) is 8.89. The highest BCUT2D eigenvalue weighted by Gasteiger charge is 2.34. The van der Waals surface area contributed by atoms with E-state index < -0.39 is 6.04 Å². The third-order valence-electron chi connectivity index (χ3n) is 4.66. The second kappa shape index (κ2) is 8.45. The number of nitrogens with zero attached hydrogens (tertiary/aromatic N) is 1. The summed E-state index contributed by atoms with van der Waals surface area (Å²) in [6.45, 7) is 2.04. The Labute approximate surface area is 154 Å². The fourth-order valence-corrected chi connectivity index (χ4v) is 3.32. The minimum absolute atomic E-state index is 0.0901. The lowest BCUT2D eigenvalue weighted by Gasteiger charge is -2.33. The van der Waals surface area contributed by atoms with Crippen LogP contribution in [0.3, 0.4) is 0 Å². The fraction of sp³-hybridized carbons (Fsp3) is 0.174. The van der Waals surface area contributed by atoms with Crippen molar-refractivity contribution < 1.29 is 10.0 Å². The molecule has 0 radical (unpaired) electrons. The Morgan fingerprint density at radius 1 is 0.846 bits per heavy atom. The molecule has 0 heterocycles. The van der Waals surface area contributed by atoms with Gasteiger partial charge >= 0.3 is 0 Å². The van der Waals surface area contributed by atoms with Gasteiger partial charge in [-0.15, -0.1) is 0 Å². The molecule has 0 spiro atoms. The Kier molecular flexibility index (Phi) is 5.82. The molecule has 0 aliphatic rings. The summed E-state index contributed by atoms with van der Waals surface area (Å²) in [5.74, 6) is -0.221. The zero-order chi connectivity index (χ0) is 18.4. The first-order valence-electron chi connectivity index (χ1n) is 8.89. The summed E-state index contributed by atoms with van der Waals surface area (Å²) < 4.78 is 0. The molecule has 0 saturated heterocycles. The van der Waals surface area contributed by atoms with Crippen molar-refractivity contribution in [1.82, 2.24) is 0 Å². The van der Waals surface area contributed by atoms with Gasteiger partial charge in [-0.3, -0.25) is 10.0 Å². The normalized spacial score (nSPS) is 13.0. The maximum absolute atomic E-state index is 13.3. The van der Waals surface area contributed by atoms with Crippen LogP contribution in [-0.4, -0.2) is 17.0 Å². The molecule has 0 aliphatic heterocycles. The van der Waals surface area contributed by atoms with Crippen molar-refractivity contribution >= 4 is 11.5 Å². The highest BCUT2D eigenvalue weighted by atomic mass is 16.5.